The van der Waals surface area contributed by atoms with Crippen LogP contribution in [0.4, 0.5) is 8.78 Å². The first-order valence-corrected chi connectivity index (χ1v) is 11.9. The predicted octanol–water partition coefficient (Wildman–Crippen LogP) is 8.65. The summed E-state index contributed by atoms with van der Waals surface area (Å²) in [4.78, 5) is 0. The lowest BCUT2D eigenvalue weighted by Crippen LogP contribution is -2.22. The van der Waals surface area contributed by atoms with Gasteiger partial charge in [-0.2, -0.15) is 0 Å². The van der Waals surface area contributed by atoms with Crippen LogP contribution >= 0.6 is 0 Å². The van der Waals surface area contributed by atoms with Crippen LogP contribution in [0.5, 0.6) is 0 Å². The van der Waals surface area contributed by atoms with Crippen LogP contribution in [-0.2, 0) is 6.42 Å². The van der Waals surface area contributed by atoms with Crippen LogP contribution in [0.3, 0.4) is 0 Å². The summed E-state index contributed by atoms with van der Waals surface area (Å²) in [5, 5.41) is 0. The van der Waals surface area contributed by atoms with E-state index in [0.717, 1.165) is 43.6 Å². The summed E-state index contributed by atoms with van der Waals surface area (Å²) in [7, 11) is 0. The largest absolute Gasteiger partial charge is 0.203 e. The third kappa shape index (κ3) is 5.80. The lowest BCUT2D eigenvalue weighted by Gasteiger charge is -2.34. The lowest BCUT2D eigenvalue weighted by molar-refractivity contribution is 0.212. The van der Waals surface area contributed by atoms with Gasteiger partial charge in [0.05, 0.1) is 0 Å². The number of unbranched alkanes of at least 4 members (excludes halogenated alkanes) is 4. The molecule has 29 heavy (non-hydrogen) atoms. The van der Waals surface area contributed by atoms with Gasteiger partial charge in [0, 0.05) is 5.56 Å². The fourth-order valence-electron chi connectivity index (χ4n) is 5.33. The second-order valence-corrected chi connectivity index (χ2v) is 9.24. The normalized spacial score (nSPS) is 24.9. The van der Waals surface area contributed by atoms with Gasteiger partial charge in [0.2, 0.25) is 0 Å². The molecule has 0 spiro atoms. The molecule has 1 aromatic carbocycles. The number of allylic oxidation sites excluding steroid dienone is 3. The first-order valence-electron chi connectivity index (χ1n) is 11.9. The summed E-state index contributed by atoms with van der Waals surface area (Å²) in [5.41, 5.74) is 2.04. The minimum Gasteiger partial charge on any atom is -0.203 e. The lowest BCUT2D eigenvalue weighted by atomic mass is 9.71. The zero-order chi connectivity index (χ0) is 20.6. The van der Waals surface area contributed by atoms with Crippen LogP contribution < -0.4 is 0 Å². The zero-order valence-corrected chi connectivity index (χ0v) is 18.2. The number of rotatable bonds is 9. The van der Waals surface area contributed by atoms with Crippen LogP contribution in [0.2, 0.25) is 0 Å². The van der Waals surface area contributed by atoms with Gasteiger partial charge in [-0.3, -0.25) is 0 Å². The third-order valence-electron chi connectivity index (χ3n) is 7.33. The monoisotopic (exact) mass is 400 g/mol. The molecule has 2 heteroatoms. The van der Waals surface area contributed by atoms with Crippen LogP contribution in [-0.4, -0.2) is 0 Å². The first-order chi connectivity index (χ1) is 14.1. The molecular formula is C27H38F2. The Bertz CT molecular complexity index is 695. The maximum absolute atomic E-state index is 14.8. The van der Waals surface area contributed by atoms with E-state index in [4.69, 9.17) is 0 Å². The summed E-state index contributed by atoms with van der Waals surface area (Å²) in [6.45, 7) is 6.12. The average molecular weight is 401 g/mol. The molecular weight excluding hydrogens is 362 g/mol. The molecule has 0 N–H and O–H groups in total. The van der Waals surface area contributed by atoms with Crippen LogP contribution in [0.25, 0.3) is 5.57 Å². The Morgan fingerprint density at radius 3 is 2.34 bits per heavy atom. The number of benzene rings is 1. The van der Waals surface area contributed by atoms with Gasteiger partial charge in [-0.25, -0.2) is 8.78 Å². The predicted molar refractivity (Wildman–Crippen MR) is 120 cm³/mol. The van der Waals surface area contributed by atoms with Crippen molar-refractivity contribution in [2.24, 2.45) is 17.8 Å². The second kappa shape index (κ2) is 11.1. The van der Waals surface area contributed by atoms with E-state index in [1.807, 2.05) is 12.1 Å². The van der Waals surface area contributed by atoms with Crippen molar-refractivity contribution in [3.63, 3.8) is 0 Å². The van der Waals surface area contributed by atoms with E-state index in [9.17, 15) is 8.78 Å². The first kappa shape index (κ1) is 22.2. The van der Waals surface area contributed by atoms with Crippen molar-refractivity contribution in [3.05, 3.63) is 53.6 Å². The van der Waals surface area contributed by atoms with Gasteiger partial charge >= 0.3 is 0 Å². The molecule has 0 radical (unpaired) electrons. The highest BCUT2D eigenvalue weighted by atomic mass is 19.2. The Kier molecular flexibility index (Phi) is 8.51. The molecule has 1 saturated carbocycles. The molecule has 1 aromatic rings. The van der Waals surface area contributed by atoms with Crippen LogP contribution in [0, 0.1) is 29.4 Å². The Balaban J connectivity index is 1.57. The third-order valence-corrected chi connectivity index (χ3v) is 7.33. The molecule has 0 aromatic heterocycles. The van der Waals surface area contributed by atoms with E-state index < -0.39 is 11.6 Å². The smallest absolute Gasteiger partial charge is 0.166 e. The van der Waals surface area contributed by atoms with E-state index in [1.165, 1.54) is 44.9 Å². The average Bonchev–Trinajstić information content (AvgIpc) is 2.77. The zero-order valence-electron chi connectivity index (χ0n) is 18.2. The van der Waals surface area contributed by atoms with Gasteiger partial charge in [-0.05, 0) is 86.7 Å². The van der Waals surface area contributed by atoms with E-state index in [1.54, 1.807) is 0 Å². The molecule has 1 fully saturated rings. The van der Waals surface area contributed by atoms with Crippen LogP contribution in [0.15, 0.2) is 30.9 Å². The van der Waals surface area contributed by atoms with Crippen molar-refractivity contribution in [3.8, 4) is 0 Å². The number of hydrogen-bond acceptors (Lipinski definition) is 0. The maximum Gasteiger partial charge on any atom is 0.166 e. The number of halogens is 2. The Morgan fingerprint density at radius 1 is 0.931 bits per heavy atom. The molecule has 0 nitrogen and oxygen atoms in total. The van der Waals surface area contributed by atoms with E-state index in [-0.39, 0.29) is 0 Å². The van der Waals surface area contributed by atoms with E-state index in [0.29, 0.717) is 29.4 Å². The standard InChI is InChI=1S/C27H38F2/c1-3-5-6-7-8-9-24-18-19-25(27(29)26(24)28)23-16-14-22(15-17-23)21-12-10-20(4-2)11-13-21/h4,16,18-22H,2-3,5-15,17H2,1H3. The Morgan fingerprint density at radius 2 is 1.69 bits per heavy atom. The summed E-state index contributed by atoms with van der Waals surface area (Å²) in [6, 6.07) is 3.64. The molecule has 2 aliphatic rings. The molecule has 1 unspecified atom stereocenters. The van der Waals surface area contributed by atoms with Gasteiger partial charge in [0.1, 0.15) is 0 Å². The molecule has 0 heterocycles. The SMILES string of the molecule is C=CC1CCC(C2CC=C(c3ccc(CCCCCCC)c(F)c3F)CC2)CC1. The van der Waals surface area contributed by atoms with Crippen molar-refractivity contribution in [2.45, 2.75) is 90.4 Å². The van der Waals surface area contributed by atoms with Gasteiger partial charge in [-0.1, -0.05) is 56.9 Å². The highest BCUT2D eigenvalue weighted by Crippen LogP contribution is 2.42. The van der Waals surface area contributed by atoms with Crippen molar-refractivity contribution in [1.29, 1.82) is 0 Å². The molecule has 0 aliphatic heterocycles. The minimum absolute atomic E-state index is 0.492. The summed E-state index contributed by atoms with van der Waals surface area (Å²) >= 11 is 0. The molecule has 3 rings (SSSR count). The minimum atomic E-state index is -0.632. The van der Waals surface area contributed by atoms with Crippen LogP contribution in [0.1, 0.15) is 95.1 Å². The molecule has 0 bridgehead atoms. The highest BCUT2D eigenvalue weighted by Gasteiger charge is 2.28. The number of hydrogen-bond donors (Lipinski definition) is 0. The molecule has 1 atom stereocenters. The fraction of sp³-hybridized carbons (Fsp3) is 0.630. The Labute approximate surface area is 176 Å². The van der Waals surface area contributed by atoms with Crippen molar-refractivity contribution in [2.75, 3.05) is 0 Å². The Hall–Kier alpha value is -1.44. The van der Waals surface area contributed by atoms with Gasteiger partial charge in [-0.15, -0.1) is 6.58 Å². The quantitative estimate of drug-likeness (QED) is 0.287. The van der Waals surface area contributed by atoms with Crippen molar-refractivity contribution in [1.82, 2.24) is 0 Å². The highest BCUT2D eigenvalue weighted by molar-refractivity contribution is 5.67. The van der Waals surface area contributed by atoms with Gasteiger partial charge in [0.15, 0.2) is 11.6 Å². The molecule has 0 amide bonds. The molecule has 2 aliphatic carbocycles. The molecule has 0 saturated heterocycles. The van der Waals surface area contributed by atoms with E-state index in [2.05, 4.69) is 25.7 Å². The second-order valence-electron chi connectivity index (χ2n) is 9.24. The summed E-state index contributed by atoms with van der Waals surface area (Å²) < 4.78 is 29.4. The maximum atomic E-state index is 14.8. The summed E-state index contributed by atoms with van der Waals surface area (Å²) in [6.07, 6.45) is 18.7. The van der Waals surface area contributed by atoms with Crippen molar-refractivity contribution >= 4 is 5.57 Å². The van der Waals surface area contributed by atoms with E-state index >= 15 is 0 Å². The van der Waals surface area contributed by atoms with Gasteiger partial charge < -0.3 is 0 Å². The topological polar surface area (TPSA) is 0 Å². The van der Waals surface area contributed by atoms with Gasteiger partial charge in [0.25, 0.3) is 0 Å². The summed E-state index contributed by atoms with van der Waals surface area (Å²) in [5.74, 6) is 0.944. The fourth-order valence-corrected chi connectivity index (χ4v) is 5.33. The number of aryl methyl sites for hydroxylation is 1. The van der Waals surface area contributed by atoms with Crippen molar-refractivity contribution < 1.29 is 8.78 Å². The molecule has 160 valence electrons.